The molecule has 94 valence electrons. The Bertz CT molecular complexity index is 709. The van der Waals surface area contributed by atoms with Crippen molar-refractivity contribution in [2.75, 3.05) is 0 Å². The Hall–Kier alpha value is -1.92. The van der Waals surface area contributed by atoms with Gasteiger partial charge in [-0.1, -0.05) is 30.3 Å². The number of carboxylic acid groups (broad SMARTS) is 1. The van der Waals surface area contributed by atoms with E-state index in [1.165, 1.54) is 12.1 Å². The number of nitrogens with two attached hydrogens (primary N) is 1. The molecule has 1 unspecified atom stereocenters. The third kappa shape index (κ3) is 2.07. The fourth-order valence-corrected chi connectivity index (χ4v) is 2.73. The summed E-state index contributed by atoms with van der Waals surface area (Å²) in [5.74, 6) is -1.57. The molecule has 0 saturated heterocycles. The third-order valence-corrected chi connectivity index (χ3v) is 4.41. The number of benzene rings is 2. The van der Waals surface area contributed by atoms with Gasteiger partial charge >= 0.3 is 5.97 Å². The molecule has 6 heteroatoms. The van der Waals surface area contributed by atoms with Crippen LogP contribution >= 0.6 is 0 Å². The maximum Gasteiger partial charge on any atom is 0.336 e. The molecule has 3 N–H and O–H groups in total. The number of fused-ring (bicyclic) bond motifs is 1. The lowest BCUT2D eigenvalue weighted by molar-refractivity contribution is -0.136. The lowest BCUT2D eigenvalue weighted by Crippen LogP contribution is -2.38. The van der Waals surface area contributed by atoms with Crippen molar-refractivity contribution >= 4 is 26.6 Å². The second-order valence-corrected chi connectivity index (χ2v) is 5.88. The maximum atomic E-state index is 11.9. The molecule has 2 rings (SSSR count). The van der Waals surface area contributed by atoms with Crippen LogP contribution in [0.3, 0.4) is 0 Å². The minimum absolute atomic E-state index is 0.0869. The highest BCUT2D eigenvalue weighted by molar-refractivity contribution is 7.92. The first-order valence-corrected chi connectivity index (χ1v) is 6.68. The molecule has 0 aliphatic heterocycles. The van der Waals surface area contributed by atoms with Crippen LogP contribution in [0.5, 0.6) is 0 Å². The highest BCUT2D eigenvalue weighted by Gasteiger charge is 2.30. The van der Waals surface area contributed by atoms with Crippen molar-refractivity contribution in [2.45, 2.75) is 10.3 Å². The predicted molar refractivity (Wildman–Crippen MR) is 66.7 cm³/mol. The summed E-state index contributed by atoms with van der Waals surface area (Å²) in [4.78, 5) is 10.6. The van der Waals surface area contributed by atoms with E-state index in [2.05, 4.69) is 0 Å². The Kier molecular flexibility index (Phi) is 3.06. The highest BCUT2D eigenvalue weighted by atomic mass is 32.2. The number of carbonyl (C=O) groups is 1. The molecule has 0 saturated carbocycles. The van der Waals surface area contributed by atoms with Gasteiger partial charge in [0.1, 0.15) is 0 Å². The normalized spacial score (nSPS) is 13.4. The molecule has 0 amide bonds. The molecule has 18 heavy (non-hydrogen) atoms. The zero-order valence-corrected chi connectivity index (χ0v) is 10.1. The smallest absolute Gasteiger partial charge is 0.336 e. The summed E-state index contributed by atoms with van der Waals surface area (Å²) in [6, 6.07) is 11.6. The summed E-state index contributed by atoms with van der Waals surface area (Å²) in [5, 5.41) is 8.34. The highest BCUT2D eigenvalue weighted by Crippen LogP contribution is 2.21. The number of carboxylic acids is 1. The minimum atomic E-state index is -4.05. The number of rotatable bonds is 3. The van der Waals surface area contributed by atoms with Gasteiger partial charge in [0.05, 0.1) is 4.90 Å². The molecule has 0 aliphatic rings. The SMILES string of the molecule is NC(C(=O)O)S(=O)(=O)c1ccc2ccccc2c1. The number of sulfone groups is 1. The van der Waals surface area contributed by atoms with Crippen LogP contribution in [0.15, 0.2) is 47.4 Å². The van der Waals surface area contributed by atoms with Crippen molar-refractivity contribution in [3.63, 3.8) is 0 Å². The number of hydrogen-bond donors (Lipinski definition) is 2. The van der Waals surface area contributed by atoms with Crippen molar-refractivity contribution < 1.29 is 18.3 Å². The first kappa shape index (κ1) is 12.5. The van der Waals surface area contributed by atoms with E-state index < -0.39 is 21.2 Å². The van der Waals surface area contributed by atoms with E-state index in [0.29, 0.717) is 0 Å². The summed E-state index contributed by atoms with van der Waals surface area (Å²) >= 11 is 0. The van der Waals surface area contributed by atoms with Crippen LogP contribution in [0.4, 0.5) is 0 Å². The van der Waals surface area contributed by atoms with Gasteiger partial charge in [0.15, 0.2) is 0 Å². The topological polar surface area (TPSA) is 97.5 Å². The summed E-state index contributed by atoms with van der Waals surface area (Å²) in [7, 11) is -4.05. The van der Waals surface area contributed by atoms with Crippen LogP contribution in [0, 0.1) is 0 Å². The van der Waals surface area contributed by atoms with Crippen molar-refractivity contribution in [3.8, 4) is 0 Å². The molecule has 0 bridgehead atoms. The largest absolute Gasteiger partial charge is 0.479 e. The second kappa shape index (κ2) is 4.40. The average molecular weight is 265 g/mol. The average Bonchev–Trinajstić information content (AvgIpc) is 2.37. The third-order valence-electron chi connectivity index (χ3n) is 2.63. The van der Waals surface area contributed by atoms with E-state index in [1.54, 1.807) is 18.2 Å². The van der Waals surface area contributed by atoms with Gasteiger partial charge in [0.25, 0.3) is 0 Å². The van der Waals surface area contributed by atoms with Gasteiger partial charge in [0, 0.05) is 0 Å². The zero-order valence-electron chi connectivity index (χ0n) is 9.28. The number of aliphatic carboxylic acids is 1. The van der Waals surface area contributed by atoms with E-state index in [9.17, 15) is 13.2 Å². The van der Waals surface area contributed by atoms with Crippen molar-refractivity contribution in [2.24, 2.45) is 5.73 Å². The van der Waals surface area contributed by atoms with Gasteiger partial charge in [-0.05, 0) is 22.9 Å². The lowest BCUT2D eigenvalue weighted by Gasteiger charge is -2.09. The van der Waals surface area contributed by atoms with Crippen LogP contribution in [-0.4, -0.2) is 24.9 Å². The van der Waals surface area contributed by atoms with Gasteiger partial charge in [-0.2, -0.15) is 0 Å². The molecule has 2 aromatic rings. The Morgan fingerprint density at radius 2 is 1.72 bits per heavy atom. The van der Waals surface area contributed by atoms with Crippen molar-refractivity contribution in [3.05, 3.63) is 42.5 Å². The quantitative estimate of drug-likeness (QED) is 0.862. The minimum Gasteiger partial charge on any atom is -0.479 e. The predicted octanol–water partition coefficient (Wildman–Crippen LogP) is 0.983. The Morgan fingerprint density at radius 1 is 1.11 bits per heavy atom. The molecular weight excluding hydrogens is 254 g/mol. The van der Waals surface area contributed by atoms with Gasteiger partial charge in [-0.25, -0.2) is 13.2 Å². The van der Waals surface area contributed by atoms with Gasteiger partial charge in [-0.3, -0.25) is 0 Å². The molecular formula is C12H11NO4S. The molecule has 0 aromatic heterocycles. The van der Waals surface area contributed by atoms with Gasteiger partial charge in [0.2, 0.25) is 15.2 Å². The molecule has 2 aromatic carbocycles. The van der Waals surface area contributed by atoms with E-state index in [-0.39, 0.29) is 4.90 Å². The maximum absolute atomic E-state index is 11.9. The Balaban J connectivity index is 2.58. The summed E-state index contributed by atoms with van der Waals surface area (Å²) < 4.78 is 23.8. The molecule has 0 radical (unpaired) electrons. The molecule has 0 fully saturated rings. The van der Waals surface area contributed by atoms with Crippen LogP contribution in [0.25, 0.3) is 10.8 Å². The Labute approximate surface area is 104 Å². The lowest BCUT2D eigenvalue weighted by atomic mass is 10.1. The van der Waals surface area contributed by atoms with E-state index in [0.717, 1.165) is 10.8 Å². The van der Waals surface area contributed by atoms with E-state index in [4.69, 9.17) is 10.8 Å². The molecule has 0 aliphatic carbocycles. The standard InChI is InChI=1S/C12H11NO4S/c13-11(12(14)15)18(16,17)10-6-5-8-3-1-2-4-9(8)7-10/h1-7,11H,13H2,(H,14,15). The number of hydrogen-bond acceptors (Lipinski definition) is 4. The molecule has 1 atom stereocenters. The first-order chi connectivity index (χ1) is 8.43. The second-order valence-electron chi connectivity index (χ2n) is 3.81. The fourth-order valence-electron chi connectivity index (χ4n) is 1.62. The van der Waals surface area contributed by atoms with Crippen molar-refractivity contribution in [1.82, 2.24) is 0 Å². The molecule has 0 heterocycles. The van der Waals surface area contributed by atoms with Crippen LogP contribution in [0.2, 0.25) is 0 Å². The van der Waals surface area contributed by atoms with Gasteiger partial charge < -0.3 is 10.8 Å². The molecule has 0 spiro atoms. The van der Waals surface area contributed by atoms with E-state index >= 15 is 0 Å². The van der Waals surface area contributed by atoms with Crippen LogP contribution in [-0.2, 0) is 14.6 Å². The summed E-state index contributed by atoms with van der Waals surface area (Å²) in [5.41, 5.74) is 5.18. The summed E-state index contributed by atoms with van der Waals surface area (Å²) in [6.07, 6.45) is 0. The fraction of sp³-hybridized carbons (Fsp3) is 0.0833. The Morgan fingerprint density at radius 3 is 2.33 bits per heavy atom. The first-order valence-electron chi connectivity index (χ1n) is 5.14. The van der Waals surface area contributed by atoms with Crippen molar-refractivity contribution in [1.29, 1.82) is 0 Å². The van der Waals surface area contributed by atoms with Crippen LogP contribution in [0.1, 0.15) is 0 Å². The van der Waals surface area contributed by atoms with E-state index in [1.807, 2.05) is 12.1 Å². The van der Waals surface area contributed by atoms with Crippen LogP contribution < -0.4 is 5.73 Å². The molecule has 5 nitrogen and oxygen atoms in total. The summed E-state index contributed by atoms with van der Waals surface area (Å²) in [6.45, 7) is 0. The van der Waals surface area contributed by atoms with Gasteiger partial charge in [-0.15, -0.1) is 0 Å². The monoisotopic (exact) mass is 265 g/mol. The zero-order chi connectivity index (χ0) is 13.3.